The molecule has 5 aromatic rings. The first-order chi connectivity index (χ1) is 20.5. The van der Waals surface area contributed by atoms with Crippen molar-refractivity contribution < 1.29 is 19.4 Å². The van der Waals surface area contributed by atoms with E-state index in [9.17, 15) is 4.79 Å². The Balaban J connectivity index is 1.28. The van der Waals surface area contributed by atoms with Gasteiger partial charge in [-0.3, -0.25) is 9.48 Å². The Morgan fingerprint density at radius 3 is 2.21 bits per heavy atom. The average molecular weight is 563 g/mol. The molecule has 6 rings (SSSR count). The highest BCUT2D eigenvalue weighted by Gasteiger charge is 2.23. The lowest BCUT2D eigenvalue weighted by molar-refractivity contribution is -0.138. The second kappa shape index (κ2) is 12.3. The van der Waals surface area contributed by atoms with Crippen LogP contribution in [-0.4, -0.2) is 38.9 Å². The molecular formula is C34H34N4O4. The second-order valence-corrected chi connectivity index (χ2v) is 10.8. The normalized spacial score (nSPS) is 13.8. The lowest BCUT2D eigenvalue weighted by Gasteiger charge is -2.33. The van der Waals surface area contributed by atoms with Crippen molar-refractivity contribution in [1.82, 2.24) is 14.8 Å². The summed E-state index contributed by atoms with van der Waals surface area (Å²) in [6.45, 7) is 2.48. The number of aromatic nitrogens is 3. The third-order valence-electron chi connectivity index (χ3n) is 7.82. The lowest BCUT2D eigenvalue weighted by Crippen LogP contribution is -2.34. The number of nitrogens with zero attached hydrogens (tertiary/aromatic N) is 4. The van der Waals surface area contributed by atoms with Crippen LogP contribution >= 0.6 is 0 Å². The Morgan fingerprint density at radius 1 is 0.881 bits per heavy atom. The molecule has 8 nitrogen and oxygen atoms in total. The molecule has 214 valence electrons. The summed E-state index contributed by atoms with van der Waals surface area (Å²) in [6.07, 6.45) is 2.01. The van der Waals surface area contributed by atoms with E-state index in [1.807, 2.05) is 84.5 Å². The maximum absolute atomic E-state index is 11.1. The third kappa shape index (κ3) is 6.22. The molecule has 0 bridgehead atoms. The number of pyridine rings is 1. The van der Waals surface area contributed by atoms with Gasteiger partial charge in [0.15, 0.2) is 0 Å². The molecule has 1 saturated heterocycles. The van der Waals surface area contributed by atoms with Gasteiger partial charge in [-0.1, -0.05) is 60.7 Å². The van der Waals surface area contributed by atoms with E-state index in [0.29, 0.717) is 25.0 Å². The highest BCUT2D eigenvalue weighted by Crippen LogP contribution is 2.37. The molecule has 0 radical (unpaired) electrons. The Bertz CT molecular complexity index is 1660. The Hall–Kier alpha value is -4.85. The molecule has 0 unspecified atom stereocenters. The van der Waals surface area contributed by atoms with Crippen LogP contribution in [0, 0.1) is 5.92 Å². The summed E-state index contributed by atoms with van der Waals surface area (Å²) < 4.78 is 14.2. The highest BCUT2D eigenvalue weighted by molar-refractivity contribution is 5.96. The molecule has 42 heavy (non-hydrogen) atoms. The minimum atomic E-state index is -0.713. The number of rotatable bonds is 10. The van der Waals surface area contributed by atoms with Gasteiger partial charge in [0, 0.05) is 43.7 Å². The molecule has 0 atom stereocenters. The van der Waals surface area contributed by atoms with E-state index in [4.69, 9.17) is 24.7 Å². The first-order valence-electron chi connectivity index (χ1n) is 14.3. The van der Waals surface area contributed by atoms with Crippen LogP contribution < -0.4 is 14.4 Å². The van der Waals surface area contributed by atoms with Crippen LogP contribution in [0.1, 0.15) is 30.4 Å². The number of carboxylic acid groups (broad SMARTS) is 1. The third-order valence-corrected chi connectivity index (χ3v) is 7.82. The van der Waals surface area contributed by atoms with Crippen molar-refractivity contribution in [2.75, 3.05) is 18.0 Å². The van der Waals surface area contributed by atoms with Crippen molar-refractivity contribution in [2.24, 2.45) is 13.0 Å². The maximum Gasteiger partial charge on any atom is 0.303 e. The SMILES string of the molecule is Cn1nc(-c2ccc(OCc3ccccc3)nc2OCc2ccccc2)c2ccc(N3CCC(CC(=O)O)CC3)cc21. The van der Waals surface area contributed by atoms with Gasteiger partial charge >= 0.3 is 5.97 Å². The molecule has 1 aliphatic heterocycles. The Kier molecular flexibility index (Phi) is 8.03. The molecule has 3 aromatic carbocycles. The van der Waals surface area contributed by atoms with E-state index in [1.54, 1.807) is 0 Å². The van der Waals surface area contributed by atoms with Gasteiger partial charge in [-0.05, 0) is 54.2 Å². The van der Waals surface area contributed by atoms with E-state index in [0.717, 1.165) is 64.9 Å². The van der Waals surface area contributed by atoms with Crippen molar-refractivity contribution in [1.29, 1.82) is 0 Å². The number of aryl methyl sites for hydroxylation is 1. The quantitative estimate of drug-likeness (QED) is 0.208. The summed E-state index contributed by atoms with van der Waals surface area (Å²) in [5, 5.41) is 15.1. The van der Waals surface area contributed by atoms with E-state index in [2.05, 4.69) is 23.1 Å². The summed E-state index contributed by atoms with van der Waals surface area (Å²) in [6, 6.07) is 30.3. The first-order valence-corrected chi connectivity index (χ1v) is 14.3. The van der Waals surface area contributed by atoms with Gasteiger partial charge in [0.05, 0.1) is 11.1 Å². The summed E-state index contributed by atoms with van der Waals surface area (Å²) in [7, 11) is 1.95. The Morgan fingerprint density at radius 2 is 1.55 bits per heavy atom. The fourth-order valence-corrected chi connectivity index (χ4v) is 5.54. The largest absolute Gasteiger partial charge is 0.481 e. The molecule has 2 aromatic heterocycles. The highest BCUT2D eigenvalue weighted by atomic mass is 16.5. The molecule has 0 aliphatic carbocycles. The fraction of sp³-hybridized carbons (Fsp3) is 0.265. The summed E-state index contributed by atoms with van der Waals surface area (Å²) in [5.41, 5.74) is 5.83. The van der Waals surface area contributed by atoms with Gasteiger partial charge in [0.25, 0.3) is 0 Å². The van der Waals surface area contributed by atoms with E-state index in [1.165, 1.54) is 0 Å². The zero-order valence-corrected chi connectivity index (χ0v) is 23.6. The number of hydrogen-bond donors (Lipinski definition) is 1. The second-order valence-electron chi connectivity index (χ2n) is 10.8. The van der Waals surface area contributed by atoms with Gasteiger partial charge < -0.3 is 19.5 Å². The van der Waals surface area contributed by atoms with Gasteiger partial charge in [0.2, 0.25) is 11.8 Å². The van der Waals surface area contributed by atoms with E-state index >= 15 is 0 Å². The lowest BCUT2D eigenvalue weighted by atomic mass is 9.93. The number of benzene rings is 3. The number of hydrogen-bond acceptors (Lipinski definition) is 6. The summed E-state index contributed by atoms with van der Waals surface area (Å²) >= 11 is 0. The zero-order chi connectivity index (χ0) is 28.9. The number of anilines is 1. The molecule has 0 amide bonds. The number of carboxylic acids is 1. The smallest absolute Gasteiger partial charge is 0.303 e. The van der Waals surface area contributed by atoms with Crippen molar-refractivity contribution in [2.45, 2.75) is 32.5 Å². The van der Waals surface area contributed by atoms with Crippen LogP contribution in [0.25, 0.3) is 22.2 Å². The molecule has 0 saturated carbocycles. The minimum Gasteiger partial charge on any atom is -0.481 e. The Labute approximate surface area is 245 Å². The first kappa shape index (κ1) is 27.3. The topological polar surface area (TPSA) is 89.7 Å². The standard InChI is InChI=1S/C34H34N4O4/c1-37-30-21-27(38-18-16-24(17-19-38)20-32(39)40)12-13-28(30)33(36-37)29-14-15-31(41-22-25-8-4-2-5-9-25)35-34(29)42-23-26-10-6-3-7-11-26/h2-15,21,24H,16-20,22-23H2,1H3,(H,39,40). The zero-order valence-electron chi connectivity index (χ0n) is 23.6. The molecule has 8 heteroatoms. The number of aliphatic carboxylic acids is 1. The number of carbonyl (C=O) groups is 1. The van der Waals surface area contributed by atoms with Gasteiger partial charge in [-0.2, -0.15) is 10.1 Å². The molecule has 1 aliphatic rings. The van der Waals surface area contributed by atoms with Crippen molar-refractivity contribution in [3.8, 4) is 23.0 Å². The van der Waals surface area contributed by atoms with E-state index < -0.39 is 5.97 Å². The molecular weight excluding hydrogens is 528 g/mol. The fourth-order valence-electron chi connectivity index (χ4n) is 5.54. The van der Waals surface area contributed by atoms with Gasteiger partial charge in [-0.15, -0.1) is 0 Å². The van der Waals surface area contributed by atoms with E-state index in [-0.39, 0.29) is 12.3 Å². The monoisotopic (exact) mass is 562 g/mol. The number of piperidine rings is 1. The van der Waals surface area contributed by atoms with Gasteiger partial charge in [0.1, 0.15) is 18.9 Å². The number of ether oxygens (including phenoxy) is 2. The van der Waals surface area contributed by atoms with Crippen LogP contribution in [0.3, 0.4) is 0 Å². The molecule has 0 spiro atoms. The maximum atomic E-state index is 11.1. The number of fused-ring (bicyclic) bond motifs is 1. The average Bonchev–Trinajstić information content (AvgIpc) is 3.35. The van der Waals surface area contributed by atoms with Crippen molar-refractivity contribution in [3.63, 3.8) is 0 Å². The predicted octanol–water partition coefficient (Wildman–Crippen LogP) is 6.48. The summed E-state index contributed by atoms with van der Waals surface area (Å²) in [4.78, 5) is 18.2. The van der Waals surface area contributed by atoms with Crippen LogP contribution in [0.15, 0.2) is 91.0 Å². The molecule has 1 N–H and O–H groups in total. The van der Waals surface area contributed by atoms with Gasteiger partial charge in [-0.25, -0.2) is 0 Å². The minimum absolute atomic E-state index is 0.243. The van der Waals surface area contributed by atoms with Crippen LogP contribution in [-0.2, 0) is 25.1 Å². The predicted molar refractivity (Wildman–Crippen MR) is 163 cm³/mol. The van der Waals surface area contributed by atoms with Crippen molar-refractivity contribution in [3.05, 3.63) is 102 Å². The molecule has 1 fully saturated rings. The van der Waals surface area contributed by atoms with Crippen LogP contribution in [0.2, 0.25) is 0 Å². The van der Waals surface area contributed by atoms with Crippen molar-refractivity contribution >= 4 is 22.6 Å². The van der Waals surface area contributed by atoms with Crippen LogP contribution in [0.5, 0.6) is 11.8 Å². The summed E-state index contributed by atoms with van der Waals surface area (Å²) in [5.74, 6) is 0.482. The van der Waals surface area contributed by atoms with Crippen LogP contribution in [0.4, 0.5) is 5.69 Å². The molecule has 3 heterocycles.